The molecule has 0 aliphatic heterocycles. The van der Waals surface area contributed by atoms with Crippen LogP contribution in [0.2, 0.25) is 0 Å². The highest BCUT2D eigenvalue weighted by atomic mass is 16.3. The lowest BCUT2D eigenvalue weighted by Crippen LogP contribution is -2.13. The number of aromatic hydroxyl groups is 1. The first-order chi connectivity index (χ1) is 14.1. The molecule has 0 spiro atoms. The second-order valence-corrected chi connectivity index (χ2v) is 6.65. The fourth-order valence-corrected chi connectivity index (χ4v) is 3.10. The molecule has 0 bridgehead atoms. The summed E-state index contributed by atoms with van der Waals surface area (Å²) >= 11 is 0. The molecular weight excluding hydrogens is 362 g/mol. The quantitative estimate of drug-likeness (QED) is 0.395. The van der Waals surface area contributed by atoms with Crippen molar-refractivity contribution in [3.8, 4) is 5.75 Å². The number of amides is 1. The van der Waals surface area contributed by atoms with Gasteiger partial charge in [-0.3, -0.25) is 4.79 Å². The van der Waals surface area contributed by atoms with Crippen molar-refractivity contribution in [2.75, 3.05) is 5.32 Å². The Morgan fingerprint density at radius 1 is 0.862 bits per heavy atom. The van der Waals surface area contributed by atoms with Crippen molar-refractivity contribution in [1.82, 2.24) is 0 Å². The molecule has 142 valence electrons. The molecule has 0 heterocycles. The lowest BCUT2D eigenvalue weighted by atomic mass is 10.0. The molecule has 0 radical (unpaired) electrons. The molecule has 1 amide bonds. The predicted molar refractivity (Wildman–Crippen MR) is 115 cm³/mol. The summed E-state index contributed by atoms with van der Waals surface area (Å²) in [5.74, 6) is -0.604. The van der Waals surface area contributed by atoms with Crippen LogP contribution in [0.1, 0.15) is 15.9 Å². The smallest absolute Gasteiger partial charge is 0.259 e. The van der Waals surface area contributed by atoms with Gasteiger partial charge in [0.05, 0.1) is 11.3 Å². The van der Waals surface area contributed by atoms with Crippen LogP contribution in [0, 0.1) is 6.92 Å². The normalized spacial score (nSPS) is 11.1. The minimum Gasteiger partial charge on any atom is -0.505 e. The Kier molecular flexibility index (Phi) is 5.03. The third-order valence-corrected chi connectivity index (χ3v) is 4.65. The van der Waals surface area contributed by atoms with Crippen LogP contribution in [-0.4, -0.2) is 11.0 Å². The van der Waals surface area contributed by atoms with E-state index in [1.165, 1.54) is 0 Å². The van der Waals surface area contributed by atoms with Crippen LogP contribution >= 0.6 is 0 Å². The van der Waals surface area contributed by atoms with Crippen molar-refractivity contribution >= 4 is 33.7 Å². The number of carbonyl (C=O) groups is 1. The van der Waals surface area contributed by atoms with Gasteiger partial charge in [-0.05, 0) is 42.1 Å². The summed E-state index contributed by atoms with van der Waals surface area (Å²) in [6.45, 7) is 1.91. The van der Waals surface area contributed by atoms with Crippen molar-refractivity contribution in [1.29, 1.82) is 0 Å². The van der Waals surface area contributed by atoms with Crippen molar-refractivity contribution < 1.29 is 9.90 Å². The van der Waals surface area contributed by atoms with Gasteiger partial charge < -0.3 is 10.4 Å². The summed E-state index contributed by atoms with van der Waals surface area (Å²) in [4.78, 5) is 12.9. The number of carbonyl (C=O) groups excluding carboxylic acids is 1. The van der Waals surface area contributed by atoms with Crippen LogP contribution in [0.5, 0.6) is 5.75 Å². The molecule has 0 saturated carbocycles. The molecular formula is C24H19N3O2. The molecule has 0 aliphatic carbocycles. The number of nitrogens with one attached hydrogen (secondary N) is 1. The van der Waals surface area contributed by atoms with Crippen molar-refractivity contribution in [3.63, 3.8) is 0 Å². The molecule has 0 fully saturated rings. The number of hydrogen-bond acceptors (Lipinski definition) is 4. The van der Waals surface area contributed by atoms with Crippen molar-refractivity contribution in [3.05, 3.63) is 96.1 Å². The van der Waals surface area contributed by atoms with Crippen LogP contribution in [0.4, 0.5) is 17.1 Å². The van der Waals surface area contributed by atoms with Crippen LogP contribution in [-0.2, 0) is 0 Å². The van der Waals surface area contributed by atoms with E-state index in [2.05, 4.69) is 15.5 Å². The third-order valence-electron chi connectivity index (χ3n) is 4.65. The van der Waals surface area contributed by atoms with Gasteiger partial charge in [0.25, 0.3) is 5.91 Å². The van der Waals surface area contributed by atoms with Gasteiger partial charge in [0.2, 0.25) is 0 Å². The van der Waals surface area contributed by atoms with Gasteiger partial charge in [-0.25, -0.2) is 0 Å². The van der Waals surface area contributed by atoms with Crippen LogP contribution in [0.3, 0.4) is 0 Å². The predicted octanol–water partition coefficient (Wildman–Crippen LogP) is 6.52. The zero-order valence-corrected chi connectivity index (χ0v) is 15.8. The number of fused-ring (bicyclic) bond motifs is 1. The summed E-state index contributed by atoms with van der Waals surface area (Å²) in [5.41, 5.74) is 2.70. The Morgan fingerprint density at radius 3 is 2.34 bits per heavy atom. The van der Waals surface area contributed by atoms with E-state index in [1.807, 2.05) is 85.8 Å². The average Bonchev–Trinajstić information content (AvgIpc) is 2.75. The number of rotatable bonds is 4. The van der Waals surface area contributed by atoms with Gasteiger partial charge in [-0.15, -0.1) is 5.11 Å². The summed E-state index contributed by atoms with van der Waals surface area (Å²) in [6, 6.07) is 25.8. The van der Waals surface area contributed by atoms with E-state index >= 15 is 0 Å². The topological polar surface area (TPSA) is 74.0 Å². The highest BCUT2D eigenvalue weighted by molar-refractivity contribution is 6.11. The van der Waals surface area contributed by atoms with Gasteiger partial charge in [-0.1, -0.05) is 60.7 Å². The van der Waals surface area contributed by atoms with Crippen LogP contribution in [0.15, 0.2) is 95.2 Å². The monoisotopic (exact) mass is 381 g/mol. The number of nitrogens with zero attached hydrogens (tertiary/aromatic N) is 2. The van der Waals surface area contributed by atoms with Gasteiger partial charge >= 0.3 is 0 Å². The van der Waals surface area contributed by atoms with Gasteiger partial charge in [-0.2, -0.15) is 5.11 Å². The lowest BCUT2D eigenvalue weighted by molar-refractivity contribution is 0.102. The maximum atomic E-state index is 12.9. The van der Waals surface area contributed by atoms with Gasteiger partial charge in [0.15, 0.2) is 5.75 Å². The number of hydrogen-bond donors (Lipinski definition) is 2. The molecule has 0 unspecified atom stereocenters. The third kappa shape index (κ3) is 3.84. The van der Waals surface area contributed by atoms with Gasteiger partial charge in [0.1, 0.15) is 5.69 Å². The second kappa shape index (κ2) is 7.94. The first kappa shape index (κ1) is 18.4. The van der Waals surface area contributed by atoms with E-state index in [0.29, 0.717) is 11.4 Å². The number of benzene rings is 4. The number of aryl methyl sites for hydroxylation is 1. The Labute approximate surface area is 168 Å². The largest absolute Gasteiger partial charge is 0.505 e. The van der Waals surface area contributed by atoms with Crippen LogP contribution < -0.4 is 5.32 Å². The van der Waals surface area contributed by atoms with Gasteiger partial charge in [0, 0.05) is 11.1 Å². The molecule has 2 N–H and O–H groups in total. The number of azo groups is 1. The average molecular weight is 381 g/mol. The fraction of sp³-hybridized carbons (Fsp3) is 0.0417. The minimum atomic E-state index is -0.404. The minimum absolute atomic E-state index is 0.147. The maximum absolute atomic E-state index is 12.9. The molecule has 5 heteroatoms. The summed E-state index contributed by atoms with van der Waals surface area (Å²) in [5, 5.41) is 23.7. The van der Waals surface area contributed by atoms with E-state index in [1.54, 1.807) is 6.07 Å². The van der Waals surface area contributed by atoms with E-state index in [-0.39, 0.29) is 17.0 Å². The Balaban J connectivity index is 1.79. The molecule has 4 rings (SSSR count). The zero-order chi connectivity index (χ0) is 20.2. The zero-order valence-electron chi connectivity index (χ0n) is 15.8. The fourth-order valence-electron chi connectivity index (χ4n) is 3.10. The number of phenolic OH excluding ortho intramolecular Hbond substituents is 1. The molecule has 0 atom stereocenters. The first-order valence-electron chi connectivity index (χ1n) is 9.22. The van der Waals surface area contributed by atoms with E-state index < -0.39 is 5.91 Å². The number of phenols is 1. The summed E-state index contributed by atoms with van der Waals surface area (Å²) < 4.78 is 0. The highest BCUT2D eigenvalue weighted by Gasteiger charge is 2.19. The maximum Gasteiger partial charge on any atom is 0.259 e. The Hall–Kier alpha value is -3.99. The van der Waals surface area contributed by atoms with E-state index in [9.17, 15) is 9.90 Å². The molecule has 5 nitrogen and oxygen atoms in total. The summed E-state index contributed by atoms with van der Waals surface area (Å²) in [6.07, 6.45) is 0. The Morgan fingerprint density at radius 2 is 1.55 bits per heavy atom. The Bertz CT molecular complexity index is 1220. The SMILES string of the molecule is Cc1ccccc1NC(=O)c1cc2ccccc2c(N=Nc2ccccc2)c1O. The van der Waals surface area contributed by atoms with Crippen LogP contribution in [0.25, 0.3) is 10.8 Å². The molecule has 0 saturated heterocycles. The van der Waals surface area contributed by atoms with Crippen molar-refractivity contribution in [2.45, 2.75) is 6.92 Å². The summed E-state index contributed by atoms with van der Waals surface area (Å²) in [7, 11) is 0. The standard InChI is InChI=1S/C24H19N3O2/c1-16-9-5-8-14-21(16)25-24(29)20-15-17-10-6-7-13-19(17)22(23(20)28)27-26-18-11-3-2-4-12-18/h2-15,28H,1H3,(H,25,29). The van der Waals surface area contributed by atoms with E-state index in [4.69, 9.17) is 0 Å². The lowest BCUT2D eigenvalue weighted by Gasteiger charge is -2.12. The number of para-hydroxylation sites is 1. The van der Waals surface area contributed by atoms with E-state index in [0.717, 1.165) is 16.3 Å². The van der Waals surface area contributed by atoms with Crippen molar-refractivity contribution in [2.24, 2.45) is 10.2 Å². The first-order valence-corrected chi connectivity index (χ1v) is 9.22. The molecule has 4 aromatic carbocycles. The molecule has 29 heavy (non-hydrogen) atoms. The molecule has 4 aromatic rings. The number of anilines is 1. The second-order valence-electron chi connectivity index (χ2n) is 6.65. The molecule has 0 aliphatic rings. The highest BCUT2D eigenvalue weighted by Crippen LogP contribution is 2.39. The molecule has 0 aromatic heterocycles.